The minimum atomic E-state index is -1.05. The summed E-state index contributed by atoms with van der Waals surface area (Å²) in [5.41, 5.74) is 0.433. The van der Waals surface area contributed by atoms with Crippen molar-refractivity contribution < 1.29 is 19.4 Å². The molecule has 2 N–H and O–H groups in total. The van der Waals surface area contributed by atoms with Crippen LogP contribution >= 0.6 is 15.9 Å². The zero-order valence-corrected chi connectivity index (χ0v) is 10.4. The van der Waals surface area contributed by atoms with Gasteiger partial charge in [-0.25, -0.2) is 4.79 Å². The topological polar surface area (TPSA) is 82.6 Å². The lowest BCUT2D eigenvalue weighted by molar-refractivity contribution is -0.154. The number of hydrogen-bond acceptors (Lipinski definition) is 3. The number of ether oxygens (including phenoxy) is 1. The number of nitrogens with zero attached hydrogens (tertiary/aromatic N) is 1. The number of H-pyrrole nitrogens is 1. The molecule has 1 aromatic heterocycles. The monoisotopic (exact) mass is 302 g/mol. The van der Waals surface area contributed by atoms with Gasteiger partial charge in [-0.1, -0.05) is 0 Å². The first-order valence-corrected chi connectivity index (χ1v) is 5.85. The summed E-state index contributed by atoms with van der Waals surface area (Å²) in [6.07, 6.45) is 0.716. The van der Waals surface area contributed by atoms with Crippen molar-refractivity contribution in [3.8, 4) is 0 Å². The Bertz CT molecular complexity index is 445. The van der Waals surface area contributed by atoms with Crippen LogP contribution in [-0.4, -0.2) is 52.7 Å². The van der Waals surface area contributed by atoms with Crippen LogP contribution in [-0.2, 0) is 9.53 Å². The Hall–Kier alpha value is -1.34. The number of carbonyl (C=O) groups excluding carboxylic acids is 1. The molecule has 2 heterocycles. The lowest BCUT2D eigenvalue weighted by atomic mass is 10.2. The summed E-state index contributed by atoms with van der Waals surface area (Å²) in [6, 6.07) is 1.66. The number of morpholine rings is 1. The Balaban J connectivity index is 2.07. The van der Waals surface area contributed by atoms with E-state index in [1.807, 2.05) is 0 Å². The van der Waals surface area contributed by atoms with E-state index in [1.54, 1.807) is 12.3 Å². The van der Waals surface area contributed by atoms with Crippen molar-refractivity contribution in [2.24, 2.45) is 0 Å². The van der Waals surface area contributed by atoms with Gasteiger partial charge < -0.3 is 19.7 Å². The highest BCUT2D eigenvalue weighted by Gasteiger charge is 2.29. The number of aromatic nitrogens is 1. The molecule has 1 unspecified atom stereocenters. The summed E-state index contributed by atoms with van der Waals surface area (Å²) >= 11 is 3.24. The van der Waals surface area contributed by atoms with Crippen molar-refractivity contribution in [3.05, 3.63) is 22.4 Å². The lowest BCUT2D eigenvalue weighted by Gasteiger charge is -2.30. The summed E-state index contributed by atoms with van der Waals surface area (Å²) in [7, 11) is 0. The van der Waals surface area contributed by atoms with Gasteiger partial charge in [0.1, 0.15) is 5.69 Å². The van der Waals surface area contributed by atoms with Crippen LogP contribution in [0.3, 0.4) is 0 Å². The van der Waals surface area contributed by atoms with Gasteiger partial charge in [0.25, 0.3) is 5.91 Å². The molecule has 0 saturated carbocycles. The van der Waals surface area contributed by atoms with E-state index in [2.05, 4.69) is 20.9 Å². The molecule has 2 rings (SSSR count). The van der Waals surface area contributed by atoms with E-state index >= 15 is 0 Å². The average molecular weight is 303 g/mol. The van der Waals surface area contributed by atoms with Crippen LogP contribution in [0.15, 0.2) is 16.7 Å². The van der Waals surface area contributed by atoms with Crippen molar-refractivity contribution in [1.29, 1.82) is 0 Å². The fourth-order valence-electron chi connectivity index (χ4n) is 1.64. The average Bonchev–Trinajstić information content (AvgIpc) is 2.75. The van der Waals surface area contributed by atoms with E-state index in [9.17, 15) is 9.59 Å². The molecule has 17 heavy (non-hydrogen) atoms. The minimum Gasteiger partial charge on any atom is -0.479 e. The van der Waals surface area contributed by atoms with E-state index in [0.29, 0.717) is 12.2 Å². The maximum absolute atomic E-state index is 12.0. The van der Waals surface area contributed by atoms with Crippen LogP contribution in [0.5, 0.6) is 0 Å². The first-order chi connectivity index (χ1) is 8.08. The van der Waals surface area contributed by atoms with Gasteiger partial charge >= 0.3 is 5.97 Å². The highest BCUT2D eigenvalue weighted by molar-refractivity contribution is 9.10. The Morgan fingerprint density at radius 2 is 2.35 bits per heavy atom. The van der Waals surface area contributed by atoms with E-state index in [-0.39, 0.29) is 19.1 Å². The predicted octanol–water partition coefficient (Wildman–Crippen LogP) is 0.703. The van der Waals surface area contributed by atoms with Crippen molar-refractivity contribution in [3.63, 3.8) is 0 Å². The first-order valence-electron chi connectivity index (χ1n) is 5.05. The van der Waals surface area contributed by atoms with Crippen LogP contribution in [0.2, 0.25) is 0 Å². The molecule has 1 aliphatic rings. The molecule has 0 aliphatic carbocycles. The fourth-order valence-corrected chi connectivity index (χ4v) is 1.99. The fraction of sp³-hybridized carbons (Fsp3) is 0.400. The summed E-state index contributed by atoms with van der Waals surface area (Å²) in [6.45, 7) is 0.717. The number of hydrogen-bond donors (Lipinski definition) is 2. The number of nitrogens with one attached hydrogen (secondary N) is 1. The number of carboxylic acids is 1. The third-order valence-corrected chi connectivity index (χ3v) is 2.97. The number of carbonyl (C=O) groups is 2. The molecule has 6 nitrogen and oxygen atoms in total. The minimum absolute atomic E-state index is 0.0742. The number of carboxylic acid groups (broad SMARTS) is 1. The number of aromatic amines is 1. The number of amides is 1. The second kappa shape index (κ2) is 4.89. The van der Waals surface area contributed by atoms with Gasteiger partial charge in [-0.3, -0.25) is 4.79 Å². The van der Waals surface area contributed by atoms with Crippen molar-refractivity contribution in [2.45, 2.75) is 6.10 Å². The number of aliphatic carboxylic acids is 1. The molecule has 1 aromatic rings. The number of rotatable bonds is 2. The van der Waals surface area contributed by atoms with Gasteiger partial charge in [0.15, 0.2) is 6.10 Å². The lowest BCUT2D eigenvalue weighted by Crippen LogP contribution is -2.48. The Morgan fingerprint density at radius 1 is 1.59 bits per heavy atom. The van der Waals surface area contributed by atoms with Crippen LogP contribution < -0.4 is 0 Å². The Morgan fingerprint density at radius 3 is 2.94 bits per heavy atom. The Kier molecular flexibility index (Phi) is 3.49. The normalized spacial score (nSPS) is 20.3. The van der Waals surface area contributed by atoms with E-state index in [1.165, 1.54) is 4.90 Å². The standard InChI is InChI=1S/C10H11BrN2O4/c11-6-3-7(12-4-6)9(14)13-1-2-17-8(5-13)10(15)16/h3-4,8,12H,1-2,5H2,(H,15,16). The summed E-state index contributed by atoms with van der Waals surface area (Å²) in [5.74, 6) is -1.26. The first kappa shape index (κ1) is 12.1. The van der Waals surface area contributed by atoms with Gasteiger partial charge in [-0.05, 0) is 22.0 Å². The Labute approximate surface area is 106 Å². The smallest absolute Gasteiger partial charge is 0.334 e. The van der Waals surface area contributed by atoms with Crippen LogP contribution in [0.1, 0.15) is 10.5 Å². The van der Waals surface area contributed by atoms with Gasteiger partial charge in [-0.2, -0.15) is 0 Å². The molecule has 1 aliphatic heterocycles. The van der Waals surface area contributed by atoms with E-state index in [4.69, 9.17) is 9.84 Å². The second-order valence-corrected chi connectivity index (χ2v) is 4.60. The largest absolute Gasteiger partial charge is 0.479 e. The molecule has 1 atom stereocenters. The molecule has 7 heteroatoms. The van der Waals surface area contributed by atoms with Crippen molar-refractivity contribution in [2.75, 3.05) is 19.7 Å². The molecular formula is C10H11BrN2O4. The second-order valence-electron chi connectivity index (χ2n) is 3.68. The molecule has 0 bridgehead atoms. The van der Waals surface area contributed by atoms with Crippen LogP contribution in [0.4, 0.5) is 0 Å². The summed E-state index contributed by atoms with van der Waals surface area (Å²) < 4.78 is 5.83. The summed E-state index contributed by atoms with van der Waals surface area (Å²) in [4.78, 5) is 27.1. The third kappa shape index (κ3) is 2.67. The third-order valence-electron chi connectivity index (χ3n) is 2.51. The molecule has 1 saturated heterocycles. The van der Waals surface area contributed by atoms with Crippen LogP contribution in [0.25, 0.3) is 0 Å². The molecule has 1 amide bonds. The molecular weight excluding hydrogens is 292 g/mol. The van der Waals surface area contributed by atoms with Gasteiger partial charge in [-0.15, -0.1) is 0 Å². The number of halogens is 1. The highest BCUT2D eigenvalue weighted by atomic mass is 79.9. The molecule has 0 aromatic carbocycles. The quantitative estimate of drug-likeness (QED) is 0.842. The molecule has 0 spiro atoms. The molecule has 0 radical (unpaired) electrons. The zero-order chi connectivity index (χ0) is 12.4. The van der Waals surface area contributed by atoms with Crippen molar-refractivity contribution >= 4 is 27.8 Å². The maximum atomic E-state index is 12.0. The van der Waals surface area contributed by atoms with Gasteiger partial charge in [0.05, 0.1) is 13.2 Å². The molecule has 1 fully saturated rings. The van der Waals surface area contributed by atoms with Crippen LogP contribution in [0, 0.1) is 0 Å². The predicted molar refractivity (Wildman–Crippen MR) is 61.8 cm³/mol. The van der Waals surface area contributed by atoms with Crippen molar-refractivity contribution in [1.82, 2.24) is 9.88 Å². The molecule has 92 valence electrons. The van der Waals surface area contributed by atoms with Gasteiger partial charge in [0.2, 0.25) is 0 Å². The highest BCUT2D eigenvalue weighted by Crippen LogP contribution is 2.14. The van der Waals surface area contributed by atoms with E-state index in [0.717, 1.165) is 4.47 Å². The SMILES string of the molecule is O=C(O)C1CN(C(=O)c2cc(Br)c[nH]2)CCO1. The van der Waals surface area contributed by atoms with Gasteiger partial charge in [0, 0.05) is 17.2 Å². The van der Waals surface area contributed by atoms with E-state index < -0.39 is 12.1 Å². The summed E-state index contributed by atoms with van der Waals surface area (Å²) in [5, 5.41) is 8.83. The maximum Gasteiger partial charge on any atom is 0.334 e. The zero-order valence-electron chi connectivity index (χ0n) is 8.85.